The summed E-state index contributed by atoms with van der Waals surface area (Å²) in [5.41, 5.74) is 1.84. The van der Waals surface area contributed by atoms with Gasteiger partial charge in [0.2, 0.25) is 5.95 Å². The molecule has 0 radical (unpaired) electrons. The van der Waals surface area contributed by atoms with Gasteiger partial charge in [-0.05, 0) is 75.1 Å². The Labute approximate surface area is 240 Å². The van der Waals surface area contributed by atoms with Crippen LogP contribution in [0.5, 0.6) is 0 Å². The number of halogens is 1. The van der Waals surface area contributed by atoms with Crippen molar-refractivity contribution in [3.8, 4) is 0 Å². The van der Waals surface area contributed by atoms with Crippen LogP contribution in [0.4, 0.5) is 10.3 Å². The predicted molar refractivity (Wildman–Crippen MR) is 160 cm³/mol. The molecule has 9 heteroatoms. The molecule has 0 amide bonds. The van der Waals surface area contributed by atoms with Gasteiger partial charge in [0.15, 0.2) is 0 Å². The zero-order valence-electron chi connectivity index (χ0n) is 23.5. The van der Waals surface area contributed by atoms with E-state index in [1.807, 2.05) is 30.3 Å². The maximum absolute atomic E-state index is 13.6. The fourth-order valence-corrected chi connectivity index (χ4v) is 6.20. The highest BCUT2D eigenvalue weighted by molar-refractivity contribution is 5.83. The van der Waals surface area contributed by atoms with Gasteiger partial charge in [-0.3, -0.25) is 9.69 Å². The first-order valence-corrected chi connectivity index (χ1v) is 14.9. The standard InChI is InChI=1S/C32H38FN7O/c33-26-11-9-25(10-12-26)24-30-28-7-1-2-8-29(28)31(41)40(36-30)27-6-3-16-37(19-13-27)17-5-18-38-20-22-39(23-21-38)32-34-14-4-15-35-32/h1-2,4,7-12,14-15,27H,3,5-6,13,16-24H2. The Balaban J connectivity index is 1.06. The first-order chi connectivity index (χ1) is 20.1. The fraction of sp³-hybridized carbons (Fsp3) is 0.438. The SMILES string of the molecule is O=c1c2ccccc2c(Cc2ccc(F)cc2)nn1C1CCCN(CCCN2CCN(c3ncccn3)CC2)CC1. The van der Waals surface area contributed by atoms with Crippen LogP contribution in [0, 0.1) is 5.82 Å². The number of rotatable bonds is 8. The van der Waals surface area contributed by atoms with Gasteiger partial charge in [0.25, 0.3) is 5.56 Å². The summed E-state index contributed by atoms with van der Waals surface area (Å²) >= 11 is 0. The van der Waals surface area contributed by atoms with Gasteiger partial charge in [-0.15, -0.1) is 0 Å². The molecule has 0 aliphatic carbocycles. The van der Waals surface area contributed by atoms with E-state index >= 15 is 0 Å². The molecular weight excluding hydrogens is 517 g/mol. The summed E-state index contributed by atoms with van der Waals surface area (Å²) in [6.45, 7) is 8.21. The highest BCUT2D eigenvalue weighted by Gasteiger charge is 2.23. The average Bonchev–Trinajstić information content (AvgIpc) is 3.26. The van der Waals surface area contributed by atoms with Crippen molar-refractivity contribution in [2.75, 3.05) is 57.3 Å². The molecule has 2 aliphatic heterocycles. The highest BCUT2D eigenvalue weighted by atomic mass is 19.1. The van der Waals surface area contributed by atoms with Crippen LogP contribution in [0.15, 0.2) is 71.8 Å². The van der Waals surface area contributed by atoms with Crippen LogP contribution in [-0.2, 0) is 6.42 Å². The van der Waals surface area contributed by atoms with Gasteiger partial charge in [0.05, 0.1) is 17.1 Å². The molecule has 41 heavy (non-hydrogen) atoms. The molecule has 0 N–H and O–H groups in total. The Morgan fingerprint density at radius 3 is 2.24 bits per heavy atom. The molecule has 6 rings (SSSR count). The summed E-state index contributed by atoms with van der Waals surface area (Å²) in [7, 11) is 0. The van der Waals surface area contributed by atoms with Crippen molar-refractivity contribution in [3.63, 3.8) is 0 Å². The maximum atomic E-state index is 13.6. The molecule has 2 aromatic heterocycles. The molecule has 8 nitrogen and oxygen atoms in total. The molecule has 4 heterocycles. The van der Waals surface area contributed by atoms with Crippen molar-refractivity contribution in [2.24, 2.45) is 0 Å². The van der Waals surface area contributed by atoms with Gasteiger partial charge in [-0.1, -0.05) is 30.3 Å². The Morgan fingerprint density at radius 2 is 1.49 bits per heavy atom. The zero-order valence-corrected chi connectivity index (χ0v) is 23.5. The van der Waals surface area contributed by atoms with Crippen LogP contribution in [0.25, 0.3) is 10.8 Å². The minimum Gasteiger partial charge on any atom is -0.338 e. The highest BCUT2D eigenvalue weighted by Crippen LogP contribution is 2.24. The average molecular weight is 556 g/mol. The first-order valence-electron chi connectivity index (χ1n) is 14.9. The van der Waals surface area contributed by atoms with Crippen LogP contribution in [0.1, 0.15) is 43.0 Å². The van der Waals surface area contributed by atoms with Crippen molar-refractivity contribution in [1.82, 2.24) is 29.5 Å². The number of anilines is 1. The third-order valence-corrected chi connectivity index (χ3v) is 8.48. The first kappa shape index (κ1) is 27.5. The second-order valence-corrected chi connectivity index (χ2v) is 11.2. The van der Waals surface area contributed by atoms with E-state index in [1.165, 1.54) is 12.1 Å². The molecular formula is C32H38FN7O. The number of aromatic nitrogens is 4. The summed E-state index contributed by atoms with van der Waals surface area (Å²) in [5, 5.41) is 6.52. The third-order valence-electron chi connectivity index (χ3n) is 8.48. The van der Waals surface area contributed by atoms with Crippen molar-refractivity contribution < 1.29 is 4.39 Å². The molecule has 0 spiro atoms. The number of fused-ring (bicyclic) bond motifs is 1. The topological polar surface area (TPSA) is 70.4 Å². The van der Waals surface area contributed by atoms with Crippen LogP contribution < -0.4 is 10.5 Å². The second kappa shape index (κ2) is 12.9. The summed E-state index contributed by atoms with van der Waals surface area (Å²) in [5.74, 6) is 0.578. The van der Waals surface area contributed by atoms with Gasteiger partial charge in [-0.25, -0.2) is 19.0 Å². The van der Waals surface area contributed by atoms with E-state index in [0.29, 0.717) is 11.8 Å². The lowest BCUT2D eigenvalue weighted by Gasteiger charge is -2.35. The molecule has 1 unspecified atom stereocenters. The van der Waals surface area contributed by atoms with Gasteiger partial charge >= 0.3 is 0 Å². The summed E-state index contributed by atoms with van der Waals surface area (Å²) in [6.07, 6.45) is 8.22. The third kappa shape index (κ3) is 6.63. The largest absolute Gasteiger partial charge is 0.338 e. The van der Waals surface area contributed by atoms with E-state index in [0.717, 1.165) is 101 Å². The normalized spacial score (nSPS) is 19.0. The Hall–Kier alpha value is -3.69. The van der Waals surface area contributed by atoms with E-state index < -0.39 is 0 Å². The van der Waals surface area contributed by atoms with Crippen LogP contribution in [0.3, 0.4) is 0 Å². The van der Waals surface area contributed by atoms with Crippen molar-refractivity contribution in [2.45, 2.75) is 38.1 Å². The molecule has 0 saturated carbocycles. The molecule has 4 aromatic rings. The lowest BCUT2D eigenvalue weighted by molar-refractivity contribution is 0.220. The maximum Gasteiger partial charge on any atom is 0.274 e. The number of benzene rings is 2. The summed E-state index contributed by atoms with van der Waals surface area (Å²) < 4.78 is 15.2. The molecule has 0 bridgehead atoms. The Morgan fingerprint density at radius 1 is 0.780 bits per heavy atom. The van der Waals surface area contributed by atoms with Crippen LogP contribution in [0.2, 0.25) is 0 Å². The number of piperazine rings is 1. The number of hydrogen-bond acceptors (Lipinski definition) is 7. The molecule has 214 valence electrons. The molecule has 2 fully saturated rings. The van der Waals surface area contributed by atoms with Crippen molar-refractivity contribution in [3.05, 3.63) is 94.4 Å². The second-order valence-electron chi connectivity index (χ2n) is 11.2. The molecule has 2 aromatic carbocycles. The lowest BCUT2D eigenvalue weighted by atomic mass is 10.0. The quantitative estimate of drug-likeness (QED) is 0.324. The monoisotopic (exact) mass is 555 g/mol. The molecule has 1 atom stereocenters. The fourth-order valence-electron chi connectivity index (χ4n) is 6.20. The van der Waals surface area contributed by atoms with Gasteiger partial charge in [0.1, 0.15) is 5.82 Å². The van der Waals surface area contributed by atoms with E-state index in [4.69, 9.17) is 5.10 Å². The van der Waals surface area contributed by atoms with E-state index in [-0.39, 0.29) is 17.4 Å². The smallest absolute Gasteiger partial charge is 0.274 e. The van der Waals surface area contributed by atoms with E-state index in [9.17, 15) is 9.18 Å². The molecule has 2 saturated heterocycles. The van der Waals surface area contributed by atoms with Gasteiger partial charge in [-0.2, -0.15) is 5.10 Å². The zero-order chi connectivity index (χ0) is 28.0. The molecule has 2 aliphatic rings. The minimum atomic E-state index is -0.250. The number of likely N-dealkylation sites (tertiary alicyclic amines) is 1. The predicted octanol–water partition coefficient (Wildman–Crippen LogP) is 4.16. The van der Waals surface area contributed by atoms with E-state index in [2.05, 4.69) is 24.7 Å². The summed E-state index contributed by atoms with van der Waals surface area (Å²) in [6, 6.07) is 16.2. The minimum absolute atomic E-state index is 0.0121. The Bertz CT molecular complexity index is 1490. The van der Waals surface area contributed by atoms with Gasteiger partial charge in [0, 0.05) is 56.9 Å². The van der Waals surface area contributed by atoms with Crippen LogP contribution >= 0.6 is 0 Å². The lowest BCUT2D eigenvalue weighted by Crippen LogP contribution is -2.47. The summed E-state index contributed by atoms with van der Waals surface area (Å²) in [4.78, 5) is 29.7. The van der Waals surface area contributed by atoms with E-state index in [1.54, 1.807) is 29.2 Å². The van der Waals surface area contributed by atoms with Crippen molar-refractivity contribution in [1.29, 1.82) is 0 Å². The number of nitrogens with zero attached hydrogens (tertiary/aromatic N) is 7. The van der Waals surface area contributed by atoms with Crippen LogP contribution in [-0.4, -0.2) is 81.9 Å². The number of hydrogen-bond donors (Lipinski definition) is 0. The van der Waals surface area contributed by atoms with Crippen molar-refractivity contribution >= 4 is 16.7 Å². The van der Waals surface area contributed by atoms with Gasteiger partial charge < -0.3 is 9.80 Å². The Kier molecular flexibility index (Phi) is 8.63.